The Kier molecular flexibility index (Phi) is 9.33. The molecule has 1 saturated carbocycles. The van der Waals surface area contributed by atoms with Gasteiger partial charge in [0.15, 0.2) is 17.4 Å². The summed E-state index contributed by atoms with van der Waals surface area (Å²) in [6, 6.07) is 4.63. The van der Waals surface area contributed by atoms with Gasteiger partial charge in [-0.15, -0.1) is 0 Å². The van der Waals surface area contributed by atoms with E-state index in [9.17, 15) is 27.5 Å². The summed E-state index contributed by atoms with van der Waals surface area (Å²) in [5, 5.41) is 10.2. The molecule has 1 aromatic carbocycles. The normalized spacial score (nSPS) is 21.3. The molecule has 1 aliphatic rings. The summed E-state index contributed by atoms with van der Waals surface area (Å²) in [5.41, 5.74) is 5.59. The second-order valence-electron chi connectivity index (χ2n) is 8.72. The molecule has 0 aliphatic heterocycles. The van der Waals surface area contributed by atoms with Crippen molar-refractivity contribution >= 4 is 5.78 Å². The van der Waals surface area contributed by atoms with E-state index >= 15 is 0 Å². The van der Waals surface area contributed by atoms with Crippen LogP contribution < -0.4 is 5.73 Å². The Morgan fingerprint density at radius 2 is 1.69 bits per heavy atom. The number of hydrogen-bond donors (Lipinski definition) is 2. The zero-order valence-electron chi connectivity index (χ0n) is 19.1. The number of nitrogens with zero attached hydrogens (tertiary/aromatic N) is 2. The number of carbonyl (C=O) groups is 1. The minimum atomic E-state index is -1.59. The smallest absolute Gasteiger partial charge is 0.185 e. The standard InChI is InChI=1S/C25H23F4N3O2.2FH/c1-12-8-13(9-19(30)25(12)34)15-6-7-31-11-14(15)10-21(33)20-5-4-18(28)24(32-20)22-16(26)2-3-17(27)23(22)29;;/h2-7,11-13,19,25,34H,8-10,30H2,1H3;2*1H/t12-,13+,19+,25+;;/m0../s1. The molecule has 4 atom stereocenters. The van der Waals surface area contributed by atoms with Crippen molar-refractivity contribution in [2.24, 2.45) is 11.7 Å². The summed E-state index contributed by atoms with van der Waals surface area (Å²) in [6.45, 7) is 1.91. The van der Waals surface area contributed by atoms with Crippen LogP contribution in [0.5, 0.6) is 0 Å². The Balaban J connectivity index is 0.00000228. The highest BCUT2D eigenvalue weighted by Crippen LogP contribution is 2.37. The van der Waals surface area contributed by atoms with E-state index in [4.69, 9.17) is 5.73 Å². The van der Waals surface area contributed by atoms with Gasteiger partial charge in [0.25, 0.3) is 0 Å². The topological polar surface area (TPSA) is 89.1 Å². The first-order chi connectivity index (χ1) is 16.2. The number of aliphatic hydroxyl groups is 1. The van der Waals surface area contributed by atoms with E-state index in [2.05, 4.69) is 9.97 Å². The molecule has 194 valence electrons. The Morgan fingerprint density at radius 3 is 2.39 bits per heavy atom. The van der Waals surface area contributed by atoms with E-state index < -0.39 is 52.5 Å². The molecule has 2 aromatic heterocycles. The largest absolute Gasteiger partial charge is 0.391 e. The van der Waals surface area contributed by atoms with Crippen LogP contribution in [0.4, 0.5) is 27.0 Å². The Labute approximate surface area is 203 Å². The van der Waals surface area contributed by atoms with Crippen molar-refractivity contribution in [1.29, 1.82) is 0 Å². The number of aliphatic hydroxyl groups excluding tert-OH is 1. The van der Waals surface area contributed by atoms with Crippen molar-refractivity contribution in [2.75, 3.05) is 0 Å². The lowest BCUT2D eigenvalue weighted by Gasteiger charge is -2.36. The summed E-state index contributed by atoms with van der Waals surface area (Å²) in [5.74, 6) is -5.79. The van der Waals surface area contributed by atoms with E-state index in [-0.39, 0.29) is 33.4 Å². The van der Waals surface area contributed by atoms with Gasteiger partial charge in [-0.3, -0.25) is 19.2 Å². The molecule has 11 heteroatoms. The molecule has 0 unspecified atom stereocenters. The molecule has 0 radical (unpaired) electrons. The summed E-state index contributed by atoms with van der Waals surface area (Å²) in [7, 11) is 0. The molecule has 0 amide bonds. The maximum Gasteiger partial charge on any atom is 0.185 e. The number of aromatic nitrogens is 2. The van der Waals surface area contributed by atoms with Gasteiger partial charge in [0, 0.05) is 24.9 Å². The summed E-state index contributed by atoms with van der Waals surface area (Å²) < 4.78 is 56.4. The van der Waals surface area contributed by atoms with Gasteiger partial charge in [-0.05, 0) is 66.1 Å². The van der Waals surface area contributed by atoms with Gasteiger partial charge >= 0.3 is 0 Å². The number of Topliss-reactive ketones (excluding diaryl/α,β-unsaturated/α-hetero) is 1. The third-order valence-corrected chi connectivity index (χ3v) is 6.38. The molecule has 36 heavy (non-hydrogen) atoms. The molecule has 3 N–H and O–H groups in total. The fourth-order valence-corrected chi connectivity index (χ4v) is 4.59. The van der Waals surface area contributed by atoms with Crippen molar-refractivity contribution in [3.63, 3.8) is 0 Å². The van der Waals surface area contributed by atoms with E-state index in [1.807, 2.05) is 6.92 Å². The van der Waals surface area contributed by atoms with Crippen molar-refractivity contribution in [3.8, 4) is 11.3 Å². The van der Waals surface area contributed by atoms with Gasteiger partial charge in [-0.2, -0.15) is 0 Å². The van der Waals surface area contributed by atoms with Crippen LogP contribution in [0.25, 0.3) is 11.3 Å². The average molecular weight is 513 g/mol. The van der Waals surface area contributed by atoms with Crippen LogP contribution >= 0.6 is 0 Å². The summed E-state index contributed by atoms with van der Waals surface area (Å²) in [4.78, 5) is 21.0. The quantitative estimate of drug-likeness (QED) is 0.295. The zero-order chi connectivity index (χ0) is 24.6. The number of carbonyl (C=O) groups excluding carboxylic acids is 1. The summed E-state index contributed by atoms with van der Waals surface area (Å²) in [6.07, 6.45) is 3.62. The molecule has 0 spiro atoms. The van der Waals surface area contributed by atoms with Gasteiger partial charge < -0.3 is 10.8 Å². The maximum atomic E-state index is 14.4. The highest BCUT2D eigenvalue weighted by Gasteiger charge is 2.34. The molecule has 1 aliphatic carbocycles. The van der Waals surface area contributed by atoms with Gasteiger partial charge in [-0.1, -0.05) is 6.92 Å². The van der Waals surface area contributed by atoms with Gasteiger partial charge in [0.05, 0.1) is 11.7 Å². The SMILES string of the molecule is C[C@H]1C[C@@H](c2ccncc2CC(=O)c2ccc(F)c(-c3c(F)ccc(F)c3F)n2)C[C@@H](N)[C@@H]1O.F.F. The maximum absolute atomic E-state index is 14.4. The third-order valence-electron chi connectivity index (χ3n) is 6.38. The van der Waals surface area contributed by atoms with E-state index in [1.54, 1.807) is 18.5 Å². The molecule has 5 nitrogen and oxygen atoms in total. The molecule has 3 aromatic rings. The van der Waals surface area contributed by atoms with Gasteiger partial charge in [0.2, 0.25) is 0 Å². The monoisotopic (exact) mass is 513 g/mol. The van der Waals surface area contributed by atoms with Crippen LogP contribution in [0.2, 0.25) is 0 Å². The van der Waals surface area contributed by atoms with E-state index in [0.29, 0.717) is 30.5 Å². The number of ketones is 1. The van der Waals surface area contributed by atoms with E-state index in [0.717, 1.165) is 17.7 Å². The predicted octanol–water partition coefficient (Wildman–Crippen LogP) is 4.63. The minimum absolute atomic E-state index is 0. The lowest BCUT2D eigenvalue weighted by Crippen LogP contribution is -2.44. The van der Waals surface area contributed by atoms with Crippen molar-refractivity contribution in [1.82, 2.24) is 9.97 Å². The molecule has 1 fully saturated rings. The number of pyridine rings is 2. The van der Waals surface area contributed by atoms with Crippen LogP contribution in [-0.2, 0) is 6.42 Å². The molecule has 0 bridgehead atoms. The molecule has 4 rings (SSSR count). The second-order valence-corrected chi connectivity index (χ2v) is 8.72. The minimum Gasteiger partial charge on any atom is -0.391 e. The van der Waals surface area contributed by atoms with Crippen LogP contribution in [0.1, 0.15) is 47.3 Å². The number of benzene rings is 1. The fourth-order valence-electron chi connectivity index (χ4n) is 4.59. The fraction of sp³-hybridized carbons (Fsp3) is 0.320. The zero-order valence-corrected chi connectivity index (χ0v) is 19.1. The molecular weight excluding hydrogens is 488 g/mol. The lowest BCUT2D eigenvalue weighted by molar-refractivity contribution is 0.0519. The van der Waals surface area contributed by atoms with Crippen LogP contribution in [0.3, 0.4) is 0 Å². The molecule has 0 saturated heterocycles. The van der Waals surface area contributed by atoms with E-state index in [1.165, 1.54) is 0 Å². The Morgan fingerprint density at radius 1 is 1.03 bits per heavy atom. The van der Waals surface area contributed by atoms with Crippen molar-refractivity contribution in [2.45, 2.75) is 44.2 Å². The third kappa shape index (κ3) is 5.57. The Hall–Kier alpha value is -3.31. The first kappa shape index (κ1) is 28.9. The number of rotatable bonds is 5. The number of nitrogens with two attached hydrogens (primary N) is 1. The van der Waals surface area contributed by atoms with Crippen molar-refractivity contribution < 1.29 is 36.9 Å². The first-order valence-corrected chi connectivity index (χ1v) is 10.9. The summed E-state index contributed by atoms with van der Waals surface area (Å²) >= 11 is 0. The Bertz CT molecular complexity index is 1230. The molecule has 2 heterocycles. The van der Waals surface area contributed by atoms with Crippen LogP contribution in [0, 0.1) is 29.2 Å². The average Bonchev–Trinajstić information content (AvgIpc) is 2.81. The van der Waals surface area contributed by atoms with Crippen LogP contribution in [0.15, 0.2) is 42.7 Å². The van der Waals surface area contributed by atoms with Gasteiger partial charge in [-0.25, -0.2) is 22.5 Å². The van der Waals surface area contributed by atoms with Crippen LogP contribution in [-0.4, -0.2) is 33.0 Å². The highest BCUT2D eigenvalue weighted by atomic mass is 19.2. The number of hydrogen-bond acceptors (Lipinski definition) is 5. The van der Waals surface area contributed by atoms with Crippen molar-refractivity contribution in [3.05, 3.63) is 82.8 Å². The second kappa shape index (κ2) is 11.6. The first-order valence-electron chi connectivity index (χ1n) is 10.9. The highest BCUT2D eigenvalue weighted by molar-refractivity contribution is 5.96. The lowest BCUT2D eigenvalue weighted by atomic mass is 9.74. The molecular formula is C25H25F6N3O2. The number of halogens is 6. The van der Waals surface area contributed by atoms with Gasteiger partial charge in [0.1, 0.15) is 23.0 Å². The predicted molar refractivity (Wildman–Crippen MR) is 122 cm³/mol.